The van der Waals surface area contributed by atoms with Crippen molar-refractivity contribution in [2.45, 2.75) is 13.5 Å². The minimum absolute atomic E-state index is 0.135. The Morgan fingerprint density at radius 1 is 1.12 bits per heavy atom. The summed E-state index contributed by atoms with van der Waals surface area (Å²) < 4.78 is 13.1. The lowest BCUT2D eigenvalue weighted by Gasteiger charge is -2.18. The van der Waals surface area contributed by atoms with Crippen LogP contribution in [0, 0.1) is 12.7 Å². The molecule has 0 bridgehead atoms. The molecule has 3 amide bonds. The molecule has 0 aromatic heterocycles. The second kappa shape index (κ2) is 8.10. The minimum Gasteiger partial charge on any atom is -0.340 e. The smallest absolute Gasteiger partial charge is 0.319 e. The number of carbonyl (C=O) groups is 2. The summed E-state index contributed by atoms with van der Waals surface area (Å²) >= 11 is 0. The van der Waals surface area contributed by atoms with Crippen molar-refractivity contribution in [2.75, 3.05) is 18.9 Å². The molecule has 2 aromatic rings. The van der Waals surface area contributed by atoms with E-state index in [1.54, 1.807) is 25.2 Å². The molecule has 0 heterocycles. The molecular weight excluding hydrogens is 309 g/mol. The zero-order valence-electron chi connectivity index (χ0n) is 13.7. The molecule has 6 heteroatoms. The topological polar surface area (TPSA) is 61.4 Å². The Kier molecular flexibility index (Phi) is 5.89. The van der Waals surface area contributed by atoms with E-state index in [0.29, 0.717) is 11.3 Å². The van der Waals surface area contributed by atoms with E-state index in [9.17, 15) is 14.0 Å². The second-order valence-electron chi connectivity index (χ2n) is 5.56. The maximum atomic E-state index is 13.1. The van der Waals surface area contributed by atoms with E-state index in [1.807, 2.05) is 25.1 Å². The first-order valence-electron chi connectivity index (χ1n) is 7.54. The lowest BCUT2D eigenvalue weighted by molar-refractivity contribution is -0.129. The lowest BCUT2D eigenvalue weighted by Crippen LogP contribution is -2.39. The summed E-state index contributed by atoms with van der Waals surface area (Å²) in [5.74, 6) is -0.609. The lowest BCUT2D eigenvalue weighted by atomic mass is 10.2. The van der Waals surface area contributed by atoms with Crippen LogP contribution < -0.4 is 10.6 Å². The average Bonchev–Trinajstić information content (AvgIpc) is 2.52. The van der Waals surface area contributed by atoms with Crippen LogP contribution in [0.15, 0.2) is 48.5 Å². The number of likely N-dealkylation sites (N-methyl/N-ethyl adjacent to an activating group) is 1. The Bertz CT molecular complexity index is 734. The molecule has 0 saturated carbocycles. The molecule has 126 valence electrons. The van der Waals surface area contributed by atoms with E-state index in [-0.39, 0.29) is 24.8 Å². The van der Waals surface area contributed by atoms with Crippen molar-refractivity contribution in [3.05, 3.63) is 65.5 Å². The van der Waals surface area contributed by atoms with Crippen LogP contribution in [0.5, 0.6) is 0 Å². The maximum Gasteiger partial charge on any atom is 0.319 e. The van der Waals surface area contributed by atoms with Crippen LogP contribution in [0.25, 0.3) is 0 Å². The molecule has 2 aromatic carbocycles. The number of benzene rings is 2. The fourth-order valence-corrected chi connectivity index (χ4v) is 2.19. The predicted molar refractivity (Wildman–Crippen MR) is 91.1 cm³/mol. The molecule has 0 aliphatic heterocycles. The zero-order chi connectivity index (χ0) is 17.5. The molecule has 0 aliphatic rings. The van der Waals surface area contributed by atoms with Gasteiger partial charge in [-0.25, -0.2) is 9.18 Å². The van der Waals surface area contributed by atoms with E-state index in [2.05, 4.69) is 10.6 Å². The third-order valence-electron chi connectivity index (χ3n) is 3.41. The van der Waals surface area contributed by atoms with Crippen LogP contribution in [0.2, 0.25) is 0 Å². The number of rotatable bonds is 5. The molecule has 2 N–H and O–H groups in total. The van der Waals surface area contributed by atoms with Crippen molar-refractivity contribution in [3.63, 3.8) is 0 Å². The van der Waals surface area contributed by atoms with Gasteiger partial charge in [-0.05, 0) is 42.3 Å². The summed E-state index contributed by atoms with van der Waals surface area (Å²) in [4.78, 5) is 25.3. The largest absolute Gasteiger partial charge is 0.340 e. The first-order valence-corrected chi connectivity index (χ1v) is 7.54. The van der Waals surface area contributed by atoms with Crippen molar-refractivity contribution in [1.82, 2.24) is 10.2 Å². The summed E-state index contributed by atoms with van der Waals surface area (Å²) in [7, 11) is 1.60. The van der Waals surface area contributed by atoms with Crippen molar-refractivity contribution in [2.24, 2.45) is 0 Å². The maximum absolute atomic E-state index is 13.1. The van der Waals surface area contributed by atoms with Crippen LogP contribution in [-0.2, 0) is 11.3 Å². The molecule has 0 fully saturated rings. The van der Waals surface area contributed by atoms with Gasteiger partial charge in [0.1, 0.15) is 5.82 Å². The van der Waals surface area contributed by atoms with E-state index < -0.39 is 6.03 Å². The Hall–Kier alpha value is -2.89. The first kappa shape index (κ1) is 17.5. The number of hydrogen-bond donors (Lipinski definition) is 2. The molecule has 0 spiro atoms. The summed E-state index contributed by atoms with van der Waals surface area (Å²) in [6.45, 7) is 2.06. The number of aryl methyl sites for hydroxylation is 1. The first-order chi connectivity index (χ1) is 11.4. The van der Waals surface area contributed by atoms with Crippen LogP contribution >= 0.6 is 0 Å². The zero-order valence-corrected chi connectivity index (χ0v) is 13.7. The third kappa shape index (κ3) is 5.39. The van der Waals surface area contributed by atoms with Gasteiger partial charge < -0.3 is 15.5 Å². The van der Waals surface area contributed by atoms with Crippen LogP contribution in [0.4, 0.5) is 14.9 Å². The normalized spacial score (nSPS) is 10.1. The molecular formula is C18H20FN3O2. The van der Waals surface area contributed by atoms with Gasteiger partial charge in [0.15, 0.2) is 0 Å². The monoisotopic (exact) mass is 329 g/mol. The van der Waals surface area contributed by atoms with Gasteiger partial charge in [-0.1, -0.05) is 24.3 Å². The Labute approximate surface area is 140 Å². The fraction of sp³-hybridized carbons (Fsp3) is 0.222. The van der Waals surface area contributed by atoms with Gasteiger partial charge in [0.2, 0.25) is 5.91 Å². The van der Waals surface area contributed by atoms with Gasteiger partial charge in [-0.15, -0.1) is 0 Å². The van der Waals surface area contributed by atoms with E-state index >= 15 is 0 Å². The van der Waals surface area contributed by atoms with Gasteiger partial charge in [0.05, 0.1) is 6.54 Å². The summed E-state index contributed by atoms with van der Waals surface area (Å²) in [6.07, 6.45) is 0. The predicted octanol–water partition coefficient (Wildman–Crippen LogP) is 2.91. The minimum atomic E-state index is -0.451. The van der Waals surface area contributed by atoms with Crippen molar-refractivity contribution in [1.29, 1.82) is 0 Å². The van der Waals surface area contributed by atoms with Crippen LogP contribution in [0.1, 0.15) is 11.1 Å². The summed E-state index contributed by atoms with van der Waals surface area (Å²) in [5.41, 5.74) is 2.38. The van der Waals surface area contributed by atoms with Gasteiger partial charge in [-0.2, -0.15) is 0 Å². The van der Waals surface area contributed by atoms with Crippen LogP contribution in [0.3, 0.4) is 0 Å². The van der Waals surface area contributed by atoms with Crippen molar-refractivity contribution < 1.29 is 14.0 Å². The number of amides is 3. The summed E-state index contributed by atoms with van der Waals surface area (Å²) in [5, 5.41) is 5.18. The molecule has 0 unspecified atom stereocenters. The number of carbonyl (C=O) groups excluding carboxylic acids is 2. The number of hydrogen-bond acceptors (Lipinski definition) is 2. The van der Waals surface area contributed by atoms with Gasteiger partial charge in [0.25, 0.3) is 0 Å². The second-order valence-corrected chi connectivity index (χ2v) is 5.56. The SMILES string of the molecule is Cc1cccc(NC(=O)NCC(=O)N(C)Cc2cccc(F)c2)c1. The Morgan fingerprint density at radius 3 is 2.58 bits per heavy atom. The Morgan fingerprint density at radius 2 is 1.88 bits per heavy atom. The van der Waals surface area contributed by atoms with Crippen molar-refractivity contribution in [3.8, 4) is 0 Å². The fourth-order valence-electron chi connectivity index (χ4n) is 2.19. The van der Waals surface area contributed by atoms with E-state index in [1.165, 1.54) is 17.0 Å². The number of urea groups is 1. The highest BCUT2D eigenvalue weighted by Crippen LogP contribution is 2.09. The molecule has 0 saturated heterocycles. The summed E-state index contributed by atoms with van der Waals surface area (Å²) in [6, 6.07) is 13.0. The molecule has 5 nitrogen and oxygen atoms in total. The standard InChI is InChI=1S/C18H20FN3O2/c1-13-5-3-8-16(9-13)21-18(24)20-11-17(23)22(2)12-14-6-4-7-15(19)10-14/h3-10H,11-12H2,1-2H3,(H2,20,21,24). The number of nitrogens with zero attached hydrogens (tertiary/aromatic N) is 1. The third-order valence-corrected chi connectivity index (χ3v) is 3.41. The highest BCUT2D eigenvalue weighted by Gasteiger charge is 2.11. The highest BCUT2D eigenvalue weighted by atomic mass is 19.1. The molecule has 0 atom stereocenters. The molecule has 24 heavy (non-hydrogen) atoms. The number of anilines is 1. The molecule has 0 radical (unpaired) electrons. The van der Waals surface area contributed by atoms with Crippen LogP contribution in [-0.4, -0.2) is 30.4 Å². The van der Waals surface area contributed by atoms with E-state index in [4.69, 9.17) is 0 Å². The Balaban J connectivity index is 1.80. The average molecular weight is 329 g/mol. The van der Waals surface area contributed by atoms with Crippen molar-refractivity contribution >= 4 is 17.6 Å². The van der Waals surface area contributed by atoms with Gasteiger partial charge in [0, 0.05) is 19.3 Å². The van der Waals surface area contributed by atoms with Gasteiger partial charge >= 0.3 is 6.03 Å². The van der Waals surface area contributed by atoms with E-state index in [0.717, 1.165) is 5.56 Å². The quantitative estimate of drug-likeness (QED) is 0.886. The molecule has 2 rings (SSSR count). The number of halogens is 1. The van der Waals surface area contributed by atoms with Gasteiger partial charge in [-0.3, -0.25) is 4.79 Å². The number of nitrogens with one attached hydrogen (secondary N) is 2. The molecule has 0 aliphatic carbocycles. The highest BCUT2D eigenvalue weighted by molar-refractivity contribution is 5.92.